The quantitative estimate of drug-likeness (QED) is 0.770. The molecule has 2 N–H and O–H groups in total. The van der Waals surface area contributed by atoms with E-state index in [2.05, 4.69) is 35.4 Å². The molecule has 2 aromatic carbocycles. The van der Waals surface area contributed by atoms with Crippen molar-refractivity contribution in [3.63, 3.8) is 0 Å². The maximum atomic E-state index is 13.5. The Morgan fingerprint density at radius 3 is 2.61 bits per heavy atom. The van der Waals surface area contributed by atoms with E-state index in [4.69, 9.17) is 0 Å². The monoisotopic (exact) mass is 383 g/mol. The van der Waals surface area contributed by atoms with Crippen LogP contribution in [-0.2, 0) is 22.7 Å². The number of hydrogen-bond acceptors (Lipinski definition) is 3. The van der Waals surface area contributed by atoms with Crippen LogP contribution >= 0.6 is 0 Å². The van der Waals surface area contributed by atoms with Crippen molar-refractivity contribution in [2.75, 3.05) is 18.4 Å². The zero-order valence-electron chi connectivity index (χ0n) is 16.3. The van der Waals surface area contributed by atoms with E-state index in [1.54, 1.807) is 6.07 Å². The lowest BCUT2D eigenvalue weighted by Gasteiger charge is -2.25. The van der Waals surface area contributed by atoms with Gasteiger partial charge >= 0.3 is 0 Å². The zero-order chi connectivity index (χ0) is 20.1. The van der Waals surface area contributed by atoms with Gasteiger partial charge in [-0.3, -0.25) is 14.5 Å². The Balaban J connectivity index is 1.73. The first-order chi connectivity index (χ1) is 13.5. The number of hydrogen-bond donors (Lipinski definition) is 2. The SMILES string of the molecule is CCN(CC)Cc1ccccc1CNC(=O)C1CC(=O)Nc2cc(F)ccc21. The molecule has 0 saturated heterocycles. The number of nitrogens with zero attached hydrogens (tertiary/aromatic N) is 1. The summed E-state index contributed by atoms with van der Waals surface area (Å²) in [4.78, 5) is 27.1. The van der Waals surface area contributed by atoms with Crippen LogP contribution in [-0.4, -0.2) is 29.8 Å². The summed E-state index contributed by atoms with van der Waals surface area (Å²) in [6.07, 6.45) is 0.0611. The highest BCUT2D eigenvalue weighted by Gasteiger charge is 2.30. The van der Waals surface area contributed by atoms with Crippen molar-refractivity contribution < 1.29 is 14.0 Å². The zero-order valence-corrected chi connectivity index (χ0v) is 16.3. The highest BCUT2D eigenvalue weighted by Crippen LogP contribution is 2.32. The molecule has 2 amide bonds. The summed E-state index contributed by atoms with van der Waals surface area (Å²) in [5.41, 5.74) is 3.26. The molecule has 5 nitrogen and oxygen atoms in total. The number of amides is 2. The van der Waals surface area contributed by atoms with Crippen molar-refractivity contribution in [2.24, 2.45) is 0 Å². The molecule has 0 aromatic heterocycles. The predicted molar refractivity (Wildman–Crippen MR) is 107 cm³/mol. The molecule has 148 valence electrons. The molecule has 1 heterocycles. The van der Waals surface area contributed by atoms with Crippen LogP contribution in [0.1, 0.15) is 42.9 Å². The maximum Gasteiger partial charge on any atom is 0.228 e. The van der Waals surface area contributed by atoms with Gasteiger partial charge in [-0.25, -0.2) is 4.39 Å². The molecule has 0 aliphatic carbocycles. The van der Waals surface area contributed by atoms with Gasteiger partial charge in [-0.1, -0.05) is 44.2 Å². The Morgan fingerprint density at radius 1 is 1.18 bits per heavy atom. The van der Waals surface area contributed by atoms with Gasteiger partial charge in [0.15, 0.2) is 0 Å². The average Bonchev–Trinajstić information content (AvgIpc) is 2.69. The van der Waals surface area contributed by atoms with Crippen LogP contribution in [0.2, 0.25) is 0 Å². The number of carbonyl (C=O) groups excluding carboxylic acids is 2. The molecule has 28 heavy (non-hydrogen) atoms. The molecule has 0 bridgehead atoms. The van der Waals surface area contributed by atoms with Crippen LogP contribution in [0, 0.1) is 5.82 Å². The van der Waals surface area contributed by atoms with Crippen molar-refractivity contribution in [1.29, 1.82) is 0 Å². The summed E-state index contributed by atoms with van der Waals surface area (Å²) in [7, 11) is 0. The first-order valence-electron chi connectivity index (χ1n) is 9.68. The Morgan fingerprint density at radius 2 is 1.89 bits per heavy atom. The third-order valence-electron chi connectivity index (χ3n) is 5.23. The van der Waals surface area contributed by atoms with E-state index in [0.717, 1.165) is 25.2 Å². The standard InChI is InChI=1S/C22H26FN3O2/c1-3-26(4-2)14-16-8-6-5-7-15(16)13-24-22(28)19-12-21(27)25-20-11-17(23)9-10-18(19)20/h5-11,19H,3-4,12-14H2,1-2H3,(H,24,28)(H,25,27). The number of fused-ring (bicyclic) bond motifs is 1. The summed E-state index contributed by atoms with van der Waals surface area (Å²) in [5.74, 6) is -1.55. The fourth-order valence-electron chi connectivity index (χ4n) is 3.55. The van der Waals surface area contributed by atoms with Gasteiger partial charge in [0.1, 0.15) is 5.82 Å². The second-order valence-electron chi connectivity index (χ2n) is 6.98. The van der Waals surface area contributed by atoms with E-state index in [1.807, 2.05) is 18.2 Å². The minimum Gasteiger partial charge on any atom is -0.351 e. The molecular formula is C22H26FN3O2. The maximum absolute atomic E-state index is 13.5. The Bertz CT molecular complexity index is 865. The lowest BCUT2D eigenvalue weighted by Crippen LogP contribution is -2.35. The van der Waals surface area contributed by atoms with Crippen molar-refractivity contribution in [3.8, 4) is 0 Å². The average molecular weight is 383 g/mol. The summed E-state index contributed by atoms with van der Waals surface area (Å²) in [6, 6.07) is 12.2. The molecule has 2 aromatic rings. The first-order valence-corrected chi connectivity index (χ1v) is 9.68. The molecule has 0 saturated carbocycles. The third kappa shape index (κ3) is 4.57. The van der Waals surface area contributed by atoms with Gasteiger partial charge < -0.3 is 10.6 Å². The van der Waals surface area contributed by atoms with E-state index >= 15 is 0 Å². The van der Waals surface area contributed by atoms with Crippen molar-refractivity contribution >= 4 is 17.5 Å². The number of benzene rings is 2. The largest absolute Gasteiger partial charge is 0.351 e. The van der Waals surface area contributed by atoms with Gasteiger partial charge in [-0.15, -0.1) is 0 Å². The highest BCUT2D eigenvalue weighted by molar-refractivity contribution is 6.01. The van der Waals surface area contributed by atoms with Crippen LogP contribution < -0.4 is 10.6 Å². The number of carbonyl (C=O) groups is 2. The summed E-state index contributed by atoms with van der Waals surface area (Å²) in [6.45, 7) is 7.39. The summed E-state index contributed by atoms with van der Waals surface area (Å²) in [5, 5.41) is 5.60. The second-order valence-corrected chi connectivity index (χ2v) is 6.98. The number of anilines is 1. The van der Waals surface area contributed by atoms with Gasteiger partial charge in [-0.2, -0.15) is 0 Å². The van der Waals surface area contributed by atoms with E-state index in [-0.39, 0.29) is 18.2 Å². The molecule has 3 rings (SSSR count). The van der Waals surface area contributed by atoms with Crippen LogP contribution in [0.15, 0.2) is 42.5 Å². The summed E-state index contributed by atoms with van der Waals surface area (Å²) >= 11 is 0. The lowest BCUT2D eigenvalue weighted by atomic mass is 9.89. The minimum atomic E-state index is -0.612. The molecule has 0 spiro atoms. The van der Waals surface area contributed by atoms with Gasteiger partial charge in [0.25, 0.3) is 0 Å². The van der Waals surface area contributed by atoms with Crippen molar-refractivity contribution in [3.05, 3.63) is 65.0 Å². The summed E-state index contributed by atoms with van der Waals surface area (Å²) < 4.78 is 13.5. The Kier molecular flexibility index (Phi) is 6.41. The van der Waals surface area contributed by atoms with Crippen LogP contribution in [0.25, 0.3) is 0 Å². The van der Waals surface area contributed by atoms with E-state index in [9.17, 15) is 14.0 Å². The van der Waals surface area contributed by atoms with Gasteiger partial charge in [0.2, 0.25) is 11.8 Å². The molecule has 6 heteroatoms. The van der Waals surface area contributed by atoms with Gasteiger partial charge in [-0.05, 0) is 41.9 Å². The highest BCUT2D eigenvalue weighted by atomic mass is 19.1. The normalized spacial score (nSPS) is 15.9. The van der Waals surface area contributed by atoms with Crippen molar-refractivity contribution in [1.82, 2.24) is 10.2 Å². The topological polar surface area (TPSA) is 61.4 Å². The molecular weight excluding hydrogens is 357 g/mol. The number of halogens is 1. The third-order valence-corrected chi connectivity index (χ3v) is 5.23. The Hall–Kier alpha value is -2.73. The number of nitrogens with one attached hydrogen (secondary N) is 2. The molecule has 1 atom stereocenters. The molecule has 1 aliphatic rings. The lowest BCUT2D eigenvalue weighted by molar-refractivity contribution is -0.126. The van der Waals surface area contributed by atoms with Crippen LogP contribution in [0.4, 0.5) is 10.1 Å². The molecule has 1 aliphatic heterocycles. The molecule has 1 unspecified atom stereocenters. The van der Waals surface area contributed by atoms with Gasteiger partial charge in [0.05, 0.1) is 5.92 Å². The van der Waals surface area contributed by atoms with Crippen molar-refractivity contribution in [2.45, 2.75) is 39.3 Å². The fraction of sp³-hybridized carbons (Fsp3) is 0.364. The second kappa shape index (κ2) is 8.97. The number of rotatable bonds is 7. The molecule has 0 fully saturated rings. The van der Waals surface area contributed by atoms with E-state index < -0.39 is 11.7 Å². The van der Waals surface area contributed by atoms with Crippen LogP contribution in [0.5, 0.6) is 0 Å². The van der Waals surface area contributed by atoms with E-state index in [0.29, 0.717) is 17.8 Å². The smallest absolute Gasteiger partial charge is 0.228 e. The first kappa shape index (κ1) is 20.0. The Labute approximate surface area is 164 Å². The minimum absolute atomic E-state index is 0.0611. The fourth-order valence-corrected chi connectivity index (χ4v) is 3.55. The predicted octanol–water partition coefficient (Wildman–Crippen LogP) is 3.41. The van der Waals surface area contributed by atoms with Gasteiger partial charge in [0, 0.05) is 25.2 Å². The van der Waals surface area contributed by atoms with Crippen LogP contribution in [0.3, 0.4) is 0 Å². The van der Waals surface area contributed by atoms with E-state index in [1.165, 1.54) is 17.7 Å². The molecule has 0 radical (unpaired) electrons.